The molecule has 27 heavy (non-hydrogen) atoms. The number of hydrogen-bond acceptors (Lipinski definition) is 3. The maximum Gasteiger partial charge on any atom is 0.254 e. The van der Waals surface area contributed by atoms with Gasteiger partial charge in [-0.1, -0.05) is 18.2 Å². The predicted octanol–water partition coefficient (Wildman–Crippen LogP) is 3.34. The van der Waals surface area contributed by atoms with Crippen molar-refractivity contribution in [1.29, 1.82) is 0 Å². The maximum absolute atomic E-state index is 13.0. The Morgan fingerprint density at radius 3 is 2.52 bits per heavy atom. The Kier molecular flexibility index (Phi) is 4.07. The summed E-state index contributed by atoms with van der Waals surface area (Å²) in [6, 6.07) is 16.4. The molecule has 0 saturated carbocycles. The van der Waals surface area contributed by atoms with E-state index < -0.39 is 0 Å². The maximum atomic E-state index is 13.0. The fourth-order valence-corrected chi connectivity index (χ4v) is 4.30. The molecule has 0 radical (unpaired) electrons. The van der Waals surface area contributed by atoms with Gasteiger partial charge < -0.3 is 14.4 Å². The summed E-state index contributed by atoms with van der Waals surface area (Å²) in [4.78, 5) is 22.1. The molecule has 0 unspecified atom stereocenters. The van der Waals surface area contributed by atoms with Crippen molar-refractivity contribution < 1.29 is 4.79 Å². The van der Waals surface area contributed by atoms with Gasteiger partial charge in [-0.25, -0.2) is 4.98 Å². The lowest BCUT2D eigenvalue weighted by Crippen LogP contribution is -2.48. The van der Waals surface area contributed by atoms with Crippen LogP contribution in [0.1, 0.15) is 29.0 Å². The third-order valence-corrected chi connectivity index (χ3v) is 5.79. The molecule has 0 N–H and O–H groups in total. The Morgan fingerprint density at radius 1 is 0.889 bits per heavy atom. The number of benzene rings is 2. The Hall–Kier alpha value is -2.82. The van der Waals surface area contributed by atoms with Crippen LogP contribution in [0.25, 0.3) is 11.0 Å². The lowest BCUT2D eigenvalue weighted by Gasteiger charge is -2.36. The van der Waals surface area contributed by atoms with Crippen LogP contribution in [0, 0.1) is 0 Å². The second kappa shape index (κ2) is 6.72. The van der Waals surface area contributed by atoms with E-state index in [4.69, 9.17) is 4.98 Å². The van der Waals surface area contributed by atoms with Crippen LogP contribution in [-0.4, -0.2) is 46.5 Å². The zero-order valence-corrected chi connectivity index (χ0v) is 15.5. The average Bonchev–Trinajstić information content (AvgIpc) is 3.12. The molecule has 0 spiro atoms. The van der Waals surface area contributed by atoms with Crippen LogP contribution < -0.4 is 4.90 Å². The number of hydrogen-bond donors (Lipinski definition) is 0. The molecule has 1 saturated heterocycles. The van der Waals surface area contributed by atoms with E-state index in [1.165, 1.54) is 18.5 Å². The molecule has 0 atom stereocenters. The molecule has 0 aliphatic carbocycles. The van der Waals surface area contributed by atoms with Crippen molar-refractivity contribution in [3.63, 3.8) is 0 Å². The monoisotopic (exact) mass is 360 g/mol. The van der Waals surface area contributed by atoms with Gasteiger partial charge in [0.1, 0.15) is 5.82 Å². The molecule has 2 aliphatic rings. The van der Waals surface area contributed by atoms with Crippen LogP contribution in [0.2, 0.25) is 0 Å². The lowest BCUT2D eigenvalue weighted by molar-refractivity contribution is 0.0747. The number of amides is 1. The van der Waals surface area contributed by atoms with E-state index >= 15 is 0 Å². The molecule has 2 aliphatic heterocycles. The number of aromatic nitrogens is 2. The minimum Gasteiger partial charge on any atom is -0.368 e. The summed E-state index contributed by atoms with van der Waals surface area (Å²) in [5.41, 5.74) is 4.11. The molecule has 1 fully saturated rings. The van der Waals surface area contributed by atoms with Crippen LogP contribution >= 0.6 is 0 Å². The van der Waals surface area contributed by atoms with Gasteiger partial charge in [-0.05, 0) is 43.2 Å². The second-order valence-corrected chi connectivity index (χ2v) is 7.46. The number of anilines is 1. The van der Waals surface area contributed by atoms with Gasteiger partial charge in [0, 0.05) is 50.4 Å². The van der Waals surface area contributed by atoms with Crippen molar-refractivity contribution in [3.8, 4) is 0 Å². The van der Waals surface area contributed by atoms with E-state index in [9.17, 15) is 4.79 Å². The van der Waals surface area contributed by atoms with E-state index in [0.29, 0.717) is 0 Å². The number of nitrogens with zero attached hydrogens (tertiary/aromatic N) is 4. The molecule has 5 heteroatoms. The predicted molar refractivity (Wildman–Crippen MR) is 107 cm³/mol. The van der Waals surface area contributed by atoms with E-state index in [1.54, 1.807) is 0 Å². The third-order valence-electron chi connectivity index (χ3n) is 5.79. The molecule has 5 nitrogen and oxygen atoms in total. The van der Waals surface area contributed by atoms with Gasteiger partial charge in [0.15, 0.2) is 0 Å². The fraction of sp³-hybridized carbons (Fsp3) is 0.364. The summed E-state index contributed by atoms with van der Waals surface area (Å²) in [6.07, 6.45) is 3.46. The minimum atomic E-state index is 0.121. The van der Waals surface area contributed by atoms with Gasteiger partial charge in [-0.2, -0.15) is 0 Å². The van der Waals surface area contributed by atoms with Crippen LogP contribution in [-0.2, 0) is 13.0 Å². The molecule has 3 aromatic rings. The van der Waals surface area contributed by atoms with Crippen LogP contribution in [0.3, 0.4) is 0 Å². The number of carbonyl (C=O) groups excluding carboxylic acids is 1. The fourth-order valence-electron chi connectivity index (χ4n) is 4.30. The highest BCUT2D eigenvalue weighted by atomic mass is 16.2. The standard InChI is InChI=1S/C22H24N4O/c27-22(25-14-12-24(13-15-25)18-6-2-1-3-7-18)17-9-10-20-19(16-17)23-21-8-4-5-11-26(20)21/h1-3,6-7,9-10,16H,4-5,8,11-15H2. The average molecular weight is 360 g/mol. The van der Waals surface area contributed by atoms with E-state index in [1.807, 2.05) is 23.1 Å². The summed E-state index contributed by atoms with van der Waals surface area (Å²) < 4.78 is 2.31. The molecule has 1 aromatic heterocycles. The Morgan fingerprint density at radius 2 is 1.70 bits per heavy atom. The summed E-state index contributed by atoms with van der Waals surface area (Å²) in [5, 5.41) is 0. The van der Waals surface area contributed by atoms with Gasteiger partial charge in [0.25, 0.3) is 5.91 Å². The van der Waals surface area contributed by atoms with E-state index in [-0.39, 0.29) is 5.91 Å². The van der Waals surface area contributed by atoms with Gasteiger partial charge in [-0.15, -0.1) is 0 Å². The zero-order chi connectivity index (χ0) is 18.2. The highest BCUT2D eigenvalue weighted by Gasteiger charge is 2.23. The molecule has 2 aromatic carbocycles. The van der Waals surface area contributed by atoms with E-state index in [2.05, 4.69) is 39.8 Å². The van der Waals surface area contributed by atoms with Crippen molar-refractivity contribution in [3.05, 3.63) is 59.9 Å². The Bertz CT molecular complexity index is 971. The lowest BCUT2D eigenvalue weighted by atomic mass is 10.1. The van der Waals surface area contributed by atoms with Gasteiger partial charge in [0.2, 0.25) is 0 Å². The molecule has 5 rings (SSSR count). The first-order valence-electron chi connectivity index (χ1n) is 9.88. The Labute approximate surface area is 159 Å². The number of carbonyl (C=O) groups is 1. The second-order valence-electron chi connectivity index (χ2n) is 7.46. The number of piperazine rings is 1. The summed E-state index contributed by atoms with van der Waals surface area (Å²) in [5.74, 6) is 1.29. The molecular weight excluding hydrogens is 336 g/mol. The molecule has 0 bridgehead atoms. The third kappa shape index (κ3) is 2.97. The van der Waals surface area contributed by atoms with Crippen molar-refractivity contribution >= 4 is 22.6 Å². The smallest absolute Gasteiger partial charge is 0.254 e. The van der Waals surface area contributed by atoms with Crippen LogP contribution in [0.5, 0.6) is 0 Å². The first-order valence-corrected chi connectivity index (χ1v) is 9.88. The van der Waals surface area contributed by atoms with Crippen LogP contribution in [0.4, 0.5) is 5.69 Å². The minimum absolute atomic E-state index is 0.121. The van der Waals surface area contributed by atoms with Gasteiger partial charge in [-0.3, -0.25) is 4.79 Å². The number of para-hydroxylation sites is 1. The normalized spacial score (nSPS) is 17.2. The number of aryl methyl sites for hydroxylation is 2. The molecule has 1 amide bonds. The molecule has 138 valence electrons. The van der Waals surface area contributed by atoms with Crippen molar-refractivity contribution in [1.82, 2.24) is 14.5 Å². The first kappa shape index (κ1) is 16.4. The quantitative estimate of drug-likeness (QED) is 0.704. The summed E-state index contributed by atoms with van der Waals surface area (Å²) >= 11 is 0. The molecular formula is C22H24N4O. The topological polar surface area (TPSA) is 41.4 Å². The van der Waals surface area contributed by atoms with Crippen molar-refractivity contribution in [2.75, 3.05) is 31.1 Å². The van der Waals surface area contributed by atoms with Gasteiger partial charge >= 0.3 is 0 Å². The highest BCUT2D eigenvalue weighted by Crippen LogP contribution is 2.24. The van der Waals surface area contributed by atoms with E-state index in [0.717, 1.165) is 61.6 Å². The summed E-state index contributed by atoms with van der Waals surface area (Å²) in [7, 11) is 0. The van der Waals surface area contributed by atoms with Crippen molar-refractivity contribution in [2.24, 2.45) is 0 Å². The number of imidazole rings is 1. The van der Waals surface area contributed by atoms with Crippen molar-refractivity contribution in [2.45, 2.75) is 25.8 Å². The number of rotatable bonds is 2. The van der Waals surface area contributed by atoms with Crippen LogP contribution in [0.15, 0.2) is 48.5 Å². The highest BCUT2D eigenvalue weighted by molar-refractivity contribution is 5.97. The largest absolute Gasteiger partial charge is 0.368 e. The zero-order valence-electron chi connectivity index (χ0n) is 15.5. The van der Waals surface area contributed by atoms with Gasteiger partial charge in [0.05, 0.1) is 11.0 Å². The number of fused-ring (bicyclic) bond motifs is 3. The Balaban J connectivity index is 1.32. The first-order chi connectivity index (χ1) is 13.3. The molecule has 3 heterocycles. The SMILES string of the molecule is O=C(c1ccc2c(c1)nc1n2CCCC1)N1CCN(c2ccccc2)CC1. The summed E-state index contributed by atoms with van der Waals surface area (Å²) in [6.45, 7) is 4.30.